The minimum Gasteiger partial charge on any atom is -0.319 e. The third kappa shape index (κ3) is 11.6. The van der Waals surface area contributed by atoms with E-state index in [1.54, 1.807) is 0 Å². The molecule has 0 radical (unpaired) electrons. The van der Waals surface area contributed by atoms with Gasteiger partial charge in [0.1, 0.15) is 31.8 Å². The molecule has 0 fully saturated rings. The van der Waals surface area contributed by atoms with Crippen molar-refractivity contribution in [1.82, 2.24) is 0 Å². The average Bonchev–Trinajstić information content (AvgIpc) is 3.13. The molecule has 0 aromatic heterocycles. The predicted molar refractivity (Wildman–Crippen MR) is 197 cm³/mol. The Balaban J connectivity index is 0.000000205. The van der Waals surface area contributed by atoms with Crippen LogP contribution in [-0.2, 0) is 44.8 Å². The molecule has 0 saturated heterocycles. The Morgan fingerprint density at radius 1 is 0.239 bits per heavy atom. The normalized spacial score (nSPS) is 9.78. The molecule has 7 rings (SSSR count). The van der Waals surface area contributed by atoms with Gasteiger partial charge in [-0.1, -0.05) is 109 Å². The summed E-state index contributed by atoms with van der Waals surface area (Å²) in [6.07, 6.45) is 0. The molecule has 0 unspecified atom stereocenters. The molecular weight excluding hydrogens is 960 g/mol. The number of hydrogen-bond donors (Lipinski definition) is 0. The zero-order chi connectivity index (χ0) is 30.1. The largest absolute Gasteiger partial charge is 1.00 e. The zero-order valence-electron chi connectivity index (χ0n) is 25.2. The molecule has 0 nitrogen and oxygen atoms in total. The van der Waals surface area contributed by atoms with Gasteiger partial charge in [0.25, 0.3) is 0 Å². The first-order chi connectivity index (χ1) is 21.9. The van der Waals surface area contributed by atoms with Crippen molar-refractivity contribution in [2.45, 2.75) is 0 Å². The second kappa shape index (κ2) is 21.6. The molecule has 0 N–H and O–H groups in total. The number of rotatable bonds is 6. The van der Waals surface area contributed by atoms with Crippen LogP contribution < -0.4 is 31.8 Å². The third-order valence-electron chi connectivity index (χ3n) is 6.93. The van der Waals surface area contributed by atoms with Gasteiger partial charge < -0.3 is 12.1 Å². The van der Waals surface area contributed by atoms with E-state index < -0.39 is 15.8 Å². The molecule has 234 valence electrons. The van der Waals surface area contributed by atoms with E-state index in [4.69, 9.17) is 0 Å². The van der Waals surface area contributed by atoms with E-state index in [0.717, 1.165) is 0 Å². The van der Waals surface area contributed by atoms with Crippen LogP contribution in [0.25, 0.3) is 0 Å². The SMILES string of the molecule is [Au+].[Au+].[c-]1cc[c-]cc1.c1ccc([PH+](c2ccccc2)c2ccccc2)cc1.c1ccc([PH+](c2ccccc2)c2ccccc2)cc1. The molecule has 0 amide bonds. The maximum absolute atomic E-state index is 2.86. The van der Waals surface area contributed by atoms with Gasteiger partial charge in [-0.25, -0.2) is 0 Å². The first kappa shape index (κ1) is 37.3. The Kier molecular flexibility index (Phi) is 17.6. The average molecular weight is 997 g/mol. The first-order valence-corrected chi connectivity index (χ1v) is 17.8. The fourth-order valence-corrected chi connectivity index (χ4v) is 10.1. The van der Waals surface area contributed by atoms with Gasteiger partial charge >= 0.3 is 44.8 Å². The summed E-state index contributed by atoms with van der Waals surface area (Å²) in [6, 6.07) is 78.0. The van der Waals surface area contributed by atoms with Gasteiger partial charge in [0.2, 0.25) is 0 Å². The van der Waals surface area contributed by atoms with Gasteiger partial charge in [-0.15, -0.1) is 0 Å². The van der Waals surface area contributed by atoms with Gasteiger partial charge in [0.15, 0.2) is 0 Å². The molecule has 0 saturated carbocycles. The predicted octanol–water partition coefficient (Wildman–Crippen LogP) is 7.64. The molecule has 7 aromatic carbocycles. The van der Waals surface area contributed by atoms with Crippen LogP contribution in [0.3, 0.4) is 0 Å². The molecule has 0 atom stereocenters. The second-order valence-electron chi connectivity index (χ2n) is 9.95. The Morgan fingerprint density at radius 3 is 0.522 bits per heavy atom. The Bertz CT molecular complexity index is 1390. The van der Waals surface area contributed by atoms with Crippen LogP contribution in [0, 0.1) is 12.1 Å². The van der Waals surface area contributed by atoms with E-state index in [1.165, 1.54) is 31.8 Å². The van der Waals surface area contributed by atoms with E-state index in [9.17, 15) is 0 Å². The monoisotopic (exact) mass is 996 g/mol. The smallest absolute Gasteiger partial charge is 0.319 e. The summed E-state index contributed by atoms with van der Waals surface area (Å²) in [7, 11) is -1.75. The van der Waals surface area contributed by atoms with E-state index in [0.29, 0.717) is 0 Å². The molecule has 0 aliphatic carbocycles. The minimum atomic E-state index is -0.877. The van der Waals surface area contributed by atoms with E-state index in [1.807, 2.05) is 24.3 Å². The van der Waals surface area contributed by atoms with Gasteiger partial charge in [-0.05, 0) is 72.8 Å². The Labute approximate surface area is 308 Å². The van der Waals surface area contributed by atoms with Crippen LogP contribution >= 0.6 is 15.8 Å². The van der Waals surface area contributed by atoms with Crippen LogP contribution in [0.5, 0.6) is 0 Å². The molecule has 0 bridgehead atoms. The molecule has 7 aromatic rings. The molecule has 46 heavy (non-hydrogen) atoms. The quantitative estimate of drug-likeness (QED) is 0.0915. The summed E-state index contributed by atoms with van der Waals surface area (Å²) in [6.45, 7) is 0. The first-order valence-electron chi connectivity index (χ1n) is 14.8. The van der Waals surface area contributed by atoms with E-state index in [-0.39, 0.29) is 44.8 Å². The van der Waals surface area contributed by atoms with E-state index in [2.05, 4.69) is 194 Å². The van der Waals surface area contributed by atoms with Crippen molar-refractivity contribution in [3.05, 3.63) is 218 Å². The van der Waals surface area contributed by atoms with Gasteiger partial charge in [0.05, 0.1) is 15.8 Å². The van der Waals surface area contributed by atoms with Gasteiger partial charge in [-0.3, -0.25) is 24.3 Å². The van der Waals surface area contributed by atoms with Crippen LogP contribution in [0.2, 0.25) is 0 Å². The summed E-state index contributed by atoms with van der Waals surface area (Å²) >= 11 is 0. The van der Waals surface area contributed by atoms with Crippen molar-refractivity contribution < 1.29 is 44.8 Å². The second-order valence-corrected chi connectivity index (χ2v) is 14.9. The fourth-order valence-electron chi connectivity index (χ4n) is 4.93. The van der Waals surface area contributed by atoms with Crippen LogP contribution in [0.15, 0.2) is 206 Å². The molecule has 4 heteroatoms. The van der Waals surface area contributed by atoms with Crippen LogP contribution in [0.4, 0.5) is 0 Å². The Hall–Kier alpha value is -3.12. The van der Waals surface area contributed by atoms with Gasteiger partial charge in [0, 0.05) is 0 Å². The number of benzene rings is 7. The van der Waals surface area contributed by atoms with Crippen molar-refractivity contribution in [1.29, 1.82) is 0 Å². The standard InChI is InChI=1S/2C18H15P.C6H4.2Au/c2*1-4-10-16(11-5-1)19(17-12-6-2-7-13-17)18-14-8-3-9-15-18;1-2-4-6-5-3-1;;/h2*1-15H;1-2,5-6H;;/q;;-2;2*+1/p+2. The third-order valence-corrected chi connectivity index (χ3v) is 12.4. The molecule has 0 heterocycles. The van der Waals surface area contributed by atoms with Gasteiger partial charge in [-0.2, -0.15) is 0 Å². The molecule has 0 spiro atoms. The summed E-state index contributed by atoms with van der Waals surface area (Å²) in [5.41, 5.74) is 0. The Morgan fingerprint density at radius 2 is 0.391 bits per heavy atom. The fraction of sp³-hybridized carbons (Fsp3) is 0. The summed E-state index contributed by atoms with van der Waals surface area (Å²) in [4.78, 5) is 0. The van der Waals surface area contributed by atoms with Crippen molar-refractivity contribution in [3.8, 4) is 0 Å². The number of hydrogen-bond acceptors (Lipinski definition) is 0. The van der Waals surface area contributed by atoms with Crippen molar-refractivity contribution in [2.24, 2.45) is 0 Å². The molecule has 0 aliphatic heterocycles. The maximum atomic E-state index is 2.86. The van der Waals surface area contributed by atoms with Crippen LogP contribution in [-0.4, -0.2) is 0 Å². The summed E-state index contributed by atoms with van der Waals surface area (Å²) < 4.78 is 0. The molecule has 0 aliphatic rings. The minimum absolute atomic E-state index is 0. The summed E-state index contributed by atoms with van der Waals surface area (Å²) in [5, 5.41) is 8.61. The topological polar surface area (TPSA) is 0 Å². The van der Waals surface area contributed by atoms with E-state index >= 15 is 0 Å². The van der Waals surface area contributed by atoms with Crippen molar-refractivity contribution in [3.63, 3.8) is 0 Å². The summed E-state index contributed by atoms with van der Waals surface area (Å²) in [5.74, 6) is 0. The molecular formula is C42H36Au2P2+2. The maximum Gasteiger partial charge on any atom is 1.00 e. The van der Waals surface area contributed by atoms with Crippen molar-refractivity contribution in [2.75, 3.05) is 0 Å². The zero-order valence-corrected chi connectivity index (χ0v) is 31.6. The van der Waals surface area contributed by atoms with Crippen molar-refractivity contribution >= 4 is 47.7 Å². The van der Waals surface area contributed by atoms with Crippen LogP contribution in [0.1, 0.15) is 0 Å².